The second-order valence-corrected chi connectivity index (χ2v) is 9.40. The van der Waals surface area contributed by atoms with Gasteiger partial charge in [-0.05, 0) is 36.8 Å². The van der Waals surface area contributed by atoms with Gasteiger partial charge in [-0.2, -0.15) is 0 Å². The molecule has 1 saturated heterocycles. The van der Waals surface area contributed by atoms with Crippen LogP contribution in [0, 0.1) is 5.82 Å². The Morgan fingerprint density at radius 3 is 2.69 bits per heavy atom. The molecule has 3 heterocycles. The highest BCUT2D eigenvalue weighted by Gasteiger charge is 2.23. The van der Waals surface area contributed by atoms with Crippen molar-refractivity contribution in [1.29, 1.82) is 0 Å². The fraction of sp³-hybridized carbons (Fsp3) is 0.280. The maximum atomic E-state index is 13.6. The van der Waals surface area contributed by atoms with Crippen molar-refractivity contribution >= 4 is 38.4 Å². The minimum absolute atomic E-state index is 0.137. The van der Waals surface area contributed by atoms with Crippen LogP contribution in [-0.2, 0) is 4.79 Å². The number of nitrogens with one attached hydrogen (secondary N) is 1. The van der Waals surface area contributed by atoms with Crippen LogP contribution in [0.1, 0.15) is 25.5 Å². The molecule has 0 radical (unpaired) electrons. The summed E-state index contributed by atoms with van der Waals surface area (Å²) in [5.41, 5.74) is 1.65. The normalized spacial score (nSPS) is 15.2. The van der Waals surface area contributed by atoms with Gasteiger partial charge in [0, 0.05) is 45.2 Å². The Kier molecular flexibility index (Phi) is 6.56. The predicted octanol–water partition coefficient (Wildman–Crippen LogP) is 4.86. The molecule has 1 aliphatic rings. The molecule has 2 aromatic heterocycles. The number of aromatic nitrogens is 3. The number of anilines is 2. The number of rotatable bonds is 6. The number of amides is 1. The van der Waals surface area contributed by atoms with E-state index >= 15 is 0 Å². The van der Waals surface area contributed by atoms with Gasteiger partial charge in [-0.25, -0.2) is 19.3 Å². The van der Waals surface area contributed by atoms with Gasteiger partial charge in [-0.1, -0.05) is 29.5 Å². The maximum Gasteiger partial charge on any atom is 0.224 e. The number of hydrogen-bond donors (Lipinski definition) is 1. The summed E-state index contributed by atoms with van der Waals surface area (Å²) in [6.45, 7) is 6.81. The lowest BCUT2D eigenvalue weighted by Gasteiger charge is -2.38. The Hall–Kier alpha value is -3.63. The van der Waals surface area contributed by atoms with Gasteiger partial charge >= 0.3 is 0 Å². The molecule has 0 unspecified atom stereocenters. The number of carbonyl (C=O) groups excluding carboxylic acids is 1. The van der Waals surface area contributed by atoms with Crippen molar-refractivity contribution in [3.05, 3.63) is 66.2 Å². The summed E-state index contributed by atoms with van der Waals surface area (Å²) in [5, 5.41) is 3.25. The molecule has 1 aliphatic heterocycles. The smallest absolute Gasteiger partial charge is 0.224 e. The minimum atomic E-state index is -0.207. The highest BCUT2D eigenvalue weighted by atomic mass is 32.1. The molecule has 1 atom stereocenters. The van der Waals surface area contributed by atoms with Crippen molar-refractivity contribution in [2.75, 3.05) is 36.4 Å². The van der Waals surface area contributed by atoms with Gasteiger partial charge in [0.05, 0.1) is 4.70 Å². The van der Waals surface area contributed by atoms with E-state index in [-0.39, 0.29) is 17.8 Å². The summed E-state index contributed by atoms with van der Waals surface area (Å²) in [6.07, 6.45) is 1.50. The number of para-hydroxylation sites is 1. The molecule has 8 nitrogen and oxygen atoms in total. The van der Waals surface area contributed by atoms with Gasteiger partial charge in [0.15, 0.2) is 10.9 Å². The first-order valence-corrected chi connectivity index (χ1v) is 12.2. The first-order chi connectivity index (χ1) is 17.0. The number of fused-ring (bicyclic) bond motifs is 1. The second-order valence-electron chi connectivity index (χ2n) is 8.37. The molecule has 4 aromatic rings. The molecule has 35 heavy (non-hydrogen) atoms. The van der Waals surface area contributed by atoms with Crippen molar-refractivity contribution < 1.29 is 13.9 Å². The second kappa shape index (κ2) is 9.93. The van der Waals surface area contributed by atoms with E-state index in [1.807, 2.05) is 30.3 Å². The summed E-state index contributed by atoms with van der Waals surface area (Å²) in [5.74, 6) is 1.40. The van der Waals surface area contributed by atoms with Crippen LogP contribution >= 0.6 is 11.3 Å². The van der Waals surface area contributed by atoms with Crippen molar-refractivity contribution in [1.82, 2.24) is 19.9 Å². The number of thiazole rings is 1. The Morgan fingerprint density at radius 2 is 1.91 bits per heavy atom. The molecule has 1 N–H and O–H groups in total. The highest BCUT2D eigenvalue weighted by molar-refractivity contribution is 7.22. The molecule has 10 heteroatoms. The van der Waals surface area contributed by atoms with Crippen molar-refractivity contribution in [3.63, 3.8) is 0 Å². The molecule has 1 amide bonds. The van der Waals surface area contributed by atoms with Gasteiger partial charge in [-0.3, -0.25) is 9.69 Å². The first kappa shape index (κ1) is 23.1. The van der Waals surface area contributed by atoms with Crippen molar-refractivity contribution in [2.24, 2.45) is 0 Å². The van der Waals surface area contributed by atoms with Gasteiger partial charge in [0.2, 0.25) is 11.8 Å². The molecular formula is C25H25FN6O2S. The van der Waals surface area contributed by atoms with Crippen LogP contribution < -0.4 is 15.0 Å². The SMILES string of the molecule is CC(=O)Nc1nc2c(Oc3cc(N4CCN([C@H](C)c5cccc(F)c5)CC4)ncn3)cccc2s1. The van der Waals surface area contributed by atoms with E-state index in [1.54, 1.807) is 12.1 Å². The van der Waals surface area contributed by atoms with E-state index in [4.69, 9.17) is 4.74 Å². The number of halogens is 1. The van der Waals surface area contributed by atoms with Gasteiger partial charge in [0.25, 0.3) is 0 Å². The summed E-state index contributed by atoms with van der Waals surface area (Å²) in [4.78, 5) is 29.2. The van der Waals surface area contributed by atoms with Crippen LogP contribution in [-0.4, -0.2) is 51.9 Å². The molecule has 1 fully saturated rings. The molecular weight excluding hydrogens is 467 g/mol. The summed E-state index contributed by atoms with van der Waals surface area (Å²) in [6, 6.07) is 14.4. The summed E-state index contributed by atoms with van der Waals surface area (Å²) >= 11 is 1.39. The van der Waals surface area contributed by atoms with E-state index in [0.29, 0.717) is 22.3 Å². The number of nitrogens with zero attached hydrogens (tertiary/aromatic N) is 5. The number of benzene rings is 2. The van der Waals surface area contributed by atoms with Crippen LogP contribution in [0.25, 0.3) is 10.2 Å². The van der Waals surface area contributed by atoms with Gasteiger partial charge in [0.1, 0.15) is 23.5 Å². The molecule has 0 aliphatic carbocycles. The number of piperazine rings is 1. The molecule has 180 valence electrons. The van der Waals surface area contributed by atoms with E-state index < -0.39 is 0 Å². The Morgan fingerprint density at radius 1 is 1.11 bits per heavy atom. The zero-order valence-electron chi connectivity index (χ0n) is 19.4. The van der Waals surface area contributed by atoms with E-state index in [1.165, 1.54) is 30.7 Å². The van der Waals surface area contributed by atoms with Gasteiger partial charge < -0.3 is 15.0 Å². The van der Waals surface area contributed by atoms with Crippen molar-refractivity contribution in [3.8, 4) is 11.6 Å². The topological polar surface area (TPSA) is 83.5 Å². The summed E-state index contributed by atoms with van der Waals surface area (Å²) in [7, 11) is 0. The van der Waals surface area contributed by atoms with Crippen LogP contribution in [0.3, 0.4) is 0 Å². The van der Waals surface area contributed by atoms with Crippen LogP contribution in [0.4, 0.5) is 15.3 Å². The minimum Gasteiger partial charge on any atom is -0.437 e. The zero-order chi connectivity index (χ0) is 24.4. The lowest BCUT2D eigenvalue weighted by Crippen LogP contribution is -2.47. The van der Waals surface area contributed by atoms with Crippen molar-refractivity contribution in [2.45, 2.75) is 19.9 Å². The molecule has 0 bridgehead atoms. The average molecular weight is 493 g/mol. The predicted molar refractivity (Wildman–Crippen MR) is 135 cm³/mol. The Bertz CT molecular complexity index is 1350. The maximum absolute atomic E-state index is 13.6. The van der Waals surface area contributed by atoms with Gasteiger partial charge in [-0.15, -0.1) is 0 Å². The van der Waals surface area contributed by atoms with E-state index in [2.05, 4.69) is 37.0 Å². The third-order valence-corrected chi connectivity index (χ3v) is 6.96. The lowest BCUT2D eigenvalue weighted by atomic mass is 10.1. The van der Waals surface area contributed by atoms with E-state index in [0.717, 1.165) is 42.3 Å². The fourth-order valence-electron chi connectivity index (χ4n) is 4.20. The highest BCUT2D eigenvalue weighted by Crippen LogP contribution is 2.35. The molecule has 0 saturated carbocycles. The summed E-state index contributed by atoms with van der Waals surface area (Å²) < 4.78 is 20.6. The fourth-order valence-corrected chi connectivity index (χ4v) is 5.13. The standard InChI is InChI=1S/C25H25FN6O2S/c1-16(18-5-3-6-19(26)13-18)31-9-11-32(12-10-31)22-14-23(28-15-27-22)34-20-7-4-8-21-24(20)30-25(35-21)29-17(2)33/h3-8,13-16H,9-12H2,1-2H3,(H,29,30,33)/t16-/m1/s1. The van der Waals surface area contributed by atoms with Crippen LogP contribution in [0.15, 0.2) is 54.9 Å². The largest absolute Gasteiger partial charge is 0.437 e. The van der Waals surface area contributed by atoms with Crippen LogP contribution in [0.5, 0.6) is 11.6 Å². The third kappa shape index (κ3) is 5.23. The number of hydrogen-bond acceptors (Lipinski definition) is 8. The zero-order valence-corrected chi connectivity index (χ0v) is 20.3. The van der Waals surface area contributed by atoms with E-state index in [9.17, 15) is 9.18 Å². The Labute approximate surface area is 206 Å². The lowest BCUT2D eigenvalue weighted by molar-refractivity contribution is -0.114. The Balaban J connectivity index is 1.27. The first-order valence-electron chi connectivity index (χ1n) is 11.4. The number of carbonyl (C=O) groups is 1. The average Bonchev–Trinajstić information content (AvgIpc) is 3.27. The quantitative estimate of drug-likeness (QED) is 0.412. The molecule has 2 aromatic carbocycles. The molecule has 0 spiro atoms. The molecule has 5 rings (SSSR count). The third-order valence-electron chi connectivity index (χ3n) is 6.02. The number of ether oxygens (including phenoxy) is 1. The van der Waals surface area contributed by atoms with Crippen LogP contribution in [0.2, 0.25) is 0 Å². The monoisotopic (exact) mass is 492 g/mol.